The number of guanidine groups is 2. The Morgan fingerprint density at radius 2 is 1.37 bits per heavy atom. The Kier molecular flexibility index (Phi) is 14.3. The molecule has 0 unspecified atom stereocenters. The van der Waals surface area contributed by atoms with Gasteiger partial charge in [0.1, 0.15) is 24.2 Å². The normalized spacial score (nSPS) is 20.0. The maximum atomic E-state index is 13.6. The minimum Gasteiger partial charge on any atom is -0.480 e. The van der Waals surface area contributed by atoms with Gasteiger partial charge in [0.2, 0.25) is 23.6 Å². The number of aliphatic carboxylic acids is 1. The molecule has 17 nitrogen and oxygen atoms in total. The summed E-state index contributed by atoms with van der Waals surface area (Å²) >= 11 is 4.09. The number of nitrogens with zero attached hydrogens (tertiary/aromatic N) is 4. The number of hydrogen-bond acceptors (Lipinski definition) is 9. The summed E-state index contributed by atoms with van der Waals surface area (Å²) in [5.74, 6) is -3.38. The smallest absolute Gasteiger partial charge is 0.326 e. The van der Waals surface area contributed by atoms with Crippen molar-refractivity contribution in [2.75, 3.05) is 31.9 Å². The molecule has 0 aromatic heterocycles. The molecular formula is C25H45N11O6S. The van der Waals surface area contributed by atoms with Gasteiger partial charge in [-0.15, -0.1) is 0 Å². The lowest BCUT2D eigenvalue weighted by molar-refractivity contribution is -0.147. The van der Waals surface area contributed by atoms with E-state index in [1.165, 1.54) is 9.80 Å². The third-order valence-corrected chi connectivity index (χ3v) is 7.70. The summed E-state index contributed by atoms with van der Waals surface area (Å²) in [6, 6.07) is -4.82. The van der Waals surface area contributed by atoms with Gasteiger partial charge in [-0.25, -0.2) is 4.79 Å². The molecule has 5 atom stereocenters. The van der Waals surface area contributed by atoms with Gasteiger partial charge in [0.05, 0.1) is 6.04 Å². The summed E-state index contributed by atoms with van der Waals surface area (Å²) in [7, 11) is 0. The van der Waals surface area contributed by atoms with E-state index in [2.05, 4.69) is 33.2 Å². The molecule has 2 aliphatic rings. The van der Waals surface area contributed by atoms with Crippen molar-refractivity contribution < 1.29 is 29.1 Å². The van der Waals surface area contributed by atoms with Crippen LogP contribution in [0.4, 0.5) is 0 Å². The molecule has 0 aliphatic carbocycles. The molecule has 0 bridgehead atoms. The predicted octanol–water partition coefficient (Wildman–Crippen LogP) is -3.61. The first-order chi connectivity index (χ1) is 20.4. The summed E-state index contributed by atoms with van der Waals surface area (Å²) < 4.78 is 0. The van der Waals surface area contributed by atoms with Crippen LogP contribution in [-0.2, 0) is 24.0 Å². The van der Waals surface area contributed by atoms with E-state index in [1.54, 1.807) is 0 Å². The number of likely N-dealkylation sites (tertiary alicyclic amines) is 2. The molecule has 2 heterocycles. The molecule has 18 heteroatoms. The maximum Gasteiger partial charge on any atom is 0.326 e. The summed E-state index contributed by atoms with van der Waals surface area (Å²) in [5, 5.41) is 14.8. The van der Waals surface area contributed by atoms with E-state index in [0.29, 0.717) is 45.2 Å². The van der Waals surface area contributed by atoms with Gasteiger partial charge in [0.15, 0.2) is 11.9 Å². The van der Waals surface area contributed by atoms with Gasteiger partial charge in [0.25, 0.3) is 0 Å². The van der Waals surface area contributed by atoms with Gasteiger partial charge in [0, 0.05) is 31.9 Å². The summed E-state index contributed by atoms with van der Waals surface area (Å²) in [4.78, 5) is 75.4. The van der Waals surface area contributed by atoms with E-state index in [-0.39, 0.29) is 61.8 Å². The molecule has 0 spiro atoms. The molecule has 2 aliphatic heterocycles. The lowest BCUT2D eigenvalue weighted by Gasteiger charge is -2.32. The molecule has 2 saturated heterocycles. The first-order valence-corrected chi connectivity index (χ1v) is 14.9. The fourth-order valence-corrected chi connectivity index (χ4v) is 5.30. The lowest BCUT2D eigenvalue weighted by Crippen LogP contribution is -2.57. The number of carbonyl (C=O) groups is 5. The minimum absolute atomic E-state index is 0.0465. The molecule has 0 aromatic carbocycles. The maximum absolute atomic E-state index is 13.6. The Hall–Kier alpha value is -3.80. The fourth-order valence-electron chi connectivity index (χ4n) is 5.15. The van der Waals surface area contributed by atoms with Crippen molar-refractivity contribution in [3.05, 3.63) is 0 Å². The number of carboxylic acid groups (broad SMARTS) is 1. The van der Waals surface area contributed by atoms with Crippen molar-refractivity contribution in [3.8, 4) is 0 Å². The van der Waals surface area contributed by atoms with Gasteiger partial charge < -0.3 is 54.2 Å². The molecule has 4 amide bonds. The zero-order chi connectivity index (χ0) is 32.1. The van der Waals surface area contributed by atoms with Crippen LogP contribution in [0.1, 0.15) is 51.4 Å². The highest BCUT2D eigenvalue weighted by Gasteiger charge is 2.43. The lowest BCUT2D eigenvalue weighted by atomic mass is 10.1. The first-order valence-electron chi connectivity index (χ1n) is 14.3. The number of rotatable bonds is 16. The van der Waals surface area contributed by atoms with Gasteiger partial charge in [-0.2, -0.15) is 12.6 Å². The first kappa shape index (κ1) is 35.4. The third kappa shape index (κ3) is 10.8. The number of amides is 4. The van der Waals surface area contributed by atoms with Crippen LogP contribution in [0.2, 0.25) is 0 Å². The predicted molar refractivity (Wildman–Crippen MR) is 163 cm³/mol. The Balaban J connectivity index is 2.14. The van der Waals surface area contributed by atoms with Crippen LogP contribution in [0.15, 0.2) is 9.98 Å². The number of carboxylic acids is 1. The van der Waals surface area contributed by atoms with Crippen LogP contribution < -0.4 is 39.3 Å². The average molecular weight is 628 g/mol. The Bertz CT molecular complexity index is 1070. The summed E-state index contributed by atoms with van der Waals surface area (Å²) in [6.45, 7) is 1.05. The van der Waals surface area contributed by atoms with E-state index in [0.717, 1.165) is 0 Å². The van der Waals surface area contributed by atoms with Crippen molar-refractivity contribution in [1.29, 1.82) is 0 Å². The van der Waals surface area contributed by atoms with Crippen molar-refractivity contribution in [2.45, 2.75) is 81.6 Å². The van der Waals surface area contributed by atoms with Crippen LogP contribution in [0.25, 0.3) is 0 Å². The topological polar surface area (TPSA) is 291 Å². The molecular weight excluding hydrogens is 582 g/mol. The average Bonchev–Trinajstić information content (AvgIpc) is 3.65. The number of carbonyl (C=O) groups excluding carboxylic acids is 4. The second kappa shape index (κ2) is 17.3. The van der Waals surface area contributed by atoms with E-state index in [9.17, 15) is 29.1 Å². The number of nitrogens with one attached hydrogen (secondary N) is 2. The Morgan fingerprint density at radius 1 is 0.837 bits per heavy atom. The molecule has 0 saturated carbocycles. The van der Waals surface area contributed by atoms with Gasteiger partial charge >= 0.3 is 5.97 Å². The third-order valence-electron chi connectivity index (χ3n) is 7.31. The number of thiol groups is 1. The summed E-state index contributed by atoms with van der Waals surface area (Å²) in [5.41, 5.74) is 27.2. The Morgan fingerprint density at radius 3 is 1.91 bits per heavy atom. The van der Waals surface area contributed by atoms with E-state index < -0.39 is 48.0 Å². The monoisotopic (exact) mass is 627 g/mol. The zero-order valence-corrected chi connectivity index (χ0v) is 25.1. The quantitative estimate of drug-likeness (QED) is 0.0348. The van der Waals surface area contributed by atoms with E-state index in [4.69, 9.17) is 28.7 Å². The molecule has 13 N–H and O–H groups in total. The van der Waals surface area contributed by atoms with Gasteiger partial charge in [-0.1, -0.05) is 0 Å². The fraction of sp³-hybridized carbons (Fsp3) is 0.720. The highest BCUT2D eigenvalue weighted by atomic mass is 32.1. The molecule has 43 heavy (non-hydrogen) atoms. The van der Waals surface area contributed by atoms with E-state index >= 15 is 0 Å². The largest absolute Gasteiger partial charge is 0.480 e. The molecule has 0 radical (unpaired) electrons. The zero-order valence-electron chi connectivity index (χ0n) is 24.2. The van der Waals surface area contributed by atoms with Crippen molar-refractivity contribution >= 4 is 54.1 Å². The van der Waals surface area contributed by atoms with Crippen LogP contribution in [0.3, 0.4) is 0 Å². The Labute approximate surface area is 255 Å². The van der Waals surface area contributed by atoms with E-state index in [1.807, 2.05) is 0 Å². The van der Waals surface area contributed by atoms with Crippen LogP contribution >= 0.6 is 12.6 Å². The van der Waals surface area contributed by atoms with Crippen LogP contribution in [-0.4, -0.2) is 119 Å². The molecule has 2 rings (SSSR count). The second-order valence-corrected chi connectivity index (χ2v) is 10.9. The second-order valence-electron chi connectivity index (χ2n) is 10.5. The SMILES string of the molecule is NC(N)=NCCC[C@H](NC(=O)[C@H](CCCN=C(N)N)NC(=O)[C@@H]1CCCN1C(=O)[C@@H]1CCCN1C(=O)[C@@H](N)CS)C(=O)O. The van der Waals surface area contributed by atoms with Gasteiger partial charge in [-0.05, 0) is 51.4 Å². The van der Waals surface area contributed by atoms with Gasteiger partial charge in [-0.3, -0.25) is 29.2 Å². The molecule has 2 fully saturated rings. The highest BCUT2D eigenvalue weighted by Crippen LogP contribution is 2.25. The van der Waals surface area contributed by atoms with Crippen molar-refractivity contribution in [1.82, 2.24) is 20.4 Å². The highest BCUT2D eigenvalue weighted by molar-refractivity contribution is 7.80. The molecule has 0 aromatic rings. The number of hydrogen-bond donors (Lipinski definition) is 9. The van der Waals surface area contributed by atoms with Crippen LogP contribution in [0, 0.1) is 0 Å². The summed E-state index contributed by atoms with van der Waals surface area (Å²) in [6.07, 6.45) is 2.72. The minimum atomic E-state index is -1.26. The van der Waals surface area contributed by atoms with Crippen LogP contribution in [0.5, 0.6) is 0 Å². The van der Waals surface area contributed by atoms with Crippen molar-refractivity contribution in [3.63, 3.8) is 0 Å². The van der Waals surface area contributed by atoms with Crippen molar-refractivity contribution in [2.24, 2.45) is 38.7 Å². The number of aliphatic imine (C=N–C) groups is 2. The number of nitrogens with two attached hydrogens (primary N) is 5. The molecule has 242 valence electrons. The standard InChI is InChI=1S/C25H45N11O6S/c26-14(13-43)21(39)36-12-4-8-18(36)22(40)35-11-3-7-17(35)20(38)33-15(5-1-9-31-24(27)28)19(37)34-16(23(41)42)6-2-10-32-25(29)30/h14-18,43H,1-13,26H2,(H,33,38)(H,34,37)(H,41,42)(H4,27,28,31)(H4,29,30,32)/t14-,15-,16-,17-,18-/m0/s1.